The number of ether oxygens (including phenoxy) is 1. The summed E-state index contributed by atoms with van der Waals surface area (Å²) in [6, 6.07) is 1.16. The highest BCUT2D eigenvalue weighted by Crippen LogP contribution is 2.36. The van der Waals surface area contributed by atoms with Gasteiger partial charge in [-0.3, -0.25) is 4.98 Å². The summed E-state index contributed by atoms with van der Waals surface area (Å²) in [7, 11) is 0. The molecule has 0 saturated carbocycles. The van der Waals surface area contributed by atoms with Crippen LogP contribution in [0, 0.1) is 5.92 Å². The second-order valence-corrected chi connectivity index (χ2v) is 5.62. The van der Waals surface area contributed by atoms with Crippen molar-refractivity contribution < 1.29 is 19.7 Å². The van der Waals surface area contributed by atoms with Gasteiger partial charge < -0.3 is 26.0 Å². The molecule has 21 heavy (non-hydrogen) atoms. The number of hydrogen-bond donors (Lipinski definition) is 4. The number of anilines is 1. The van der Waals surface area contributed by atoms with Crippen molar-refractivity contribution in [2.75, 3.05) is 5.73 Å². The molecule has 0 spiro atoms. The summed E-state index contributed by atoms with van der Waals surface area (Å²) < 4.78 is 5.95. The van der Waals surface area contributed by atoms with Crippen molar-refractivity contribution in [1.82, 2.24) is 10.3 Å². The molecule has 1 aliphatic rings. The monoisotopic (exact) mass is 295 g/mol. The first-order valence-electron chi connectivity index (χ1n) is 6.92. The Morgan fingerprint density at radius 3 is 2.86 bits per heavy atom. The first kappa shape index (κ1) is 15.5. The van der Waals surface area contributed by atoms with Crippen LogP contribution in [0.4, 0.5) is 10.5 Å². The number of nitrogens with one attached hydrogen (secondary N) is 1. The zero-order valence-corrected chi connectivity index (χ0v) is 12.1. The third-order valence-electron chi connectivity index (χ3n) is 3.74. The second kappa shape index (κ2) is 6.28. The first-order valence-corrected chi connectivity index (χ1v) is 6.92. The highest BCUT2D eigenvalue weighted by atomic mass is 16.5. The number of nitrogens with two attached hydrogens (primary N) is 1. The molecular formula is C14H21N3O4. The molecule has 1 amide bonds. The molecule has 0 aromatic carbocycles. The van der Waals surface area contributed by atoms with E-state index in [1.165, 1.54) is 6.20 Å². The highest BCUT2D eigenvalue weighted by Gasteiger charge is 2.40. The molecular weight excluding hydrogens is 274 g/mol. The molecule has 5 N–H and O–H groups in total. The van der Waals surface area contributed by atoms with Crippen molar-refractivity contribution in [2.24, 2.45) is 5.92 Å². The van der Waals surface area contributed by atoms with Gasteiger partial charge in [-0.25, -0.2) is 4.79 Å². The van der Waals surface area contributed by atoms with Crippen LogP contribution >= 0.6 is 0 Å². The fourth-order valence-corrected chi connectivity index (χ4v) is 2.69. The number of carbonyl (C=O) groups is 1. The smallest absolute Gasteiger partial charge is 0.404 e. The Morgan fingerprint density at radius 1 is 1.57 bits per heavy atom. The maximum atomic E-state index is 10.9. The molecule has 2 rings (SSSR count). The fraction of sp³-hybridized carbons (Fsp3) is 0.571. The Kier molecular flexibility index (Phi) is 4.64. The number of aromatic nitrogens is 1. The molecule has 1 aromatic heterocycles. The van der Waals surface area contributed by atoms with E-state index in [1.807, 2.05) is 13.8 Å². The van der Waals surface area contributed by atoms with E-state index in [4.69, 9.17) is 15.6 Å². The van der Waals surface area contributed by atoms with Gasteiger partial charge in [-0.05, 0) is 12.0 Å². The van der Waals surface area contributed by atoms with Gasteiger partial charge in [0.15, 0.2) is 0 Å². The number of hydrogen-bond acceptors (Lipinski definition) is 5. The lowest BCUT2D eigenvalue weighted by Crippen LogP contribution is -2.55. The highest BCUT2D eigenvalue weighted by molar-refractivity contribution is 5.65. The Bertz CT molecular complexity index is 509. The lowest BCUT2D eigenvalue weighted by Gasteiger charge is -2.41. The van der Waals surface area contributed by atoms with Crippen molar-refractivity contribution >= 4 is 11.8 Å². The van der Waals surface area contributed by atoms with Crippen molar-refractivity contribution in [2.45, 2.75) is 44.6 Å². The summed E-state index contributed by atoms with van der Waals surface area (Å²) >= 11 is 0. The van der Waals surface area contributed by atoms with Crippen LogP contribution in [-0.4, -0.2) is 39.5 Å². The van der Waals surface area contributed by atoms with Gasteiger partial charge >= 0.3 is 6.09 Å². The minimum Gasteiger partial charge on any atom is -0.465 e. The largest absolute Gasteiger partial charge is 0.465 e. The molecule has 1 fully saturated rings. The van der Waals surface area contributed by atoms with E-state index in [1.54, 1.807) is 12.3 Å². The third-order valence-corrected chi connectivity index (χ3v) is 3.74. The van der Waals surface area contributed by atoms with Crippen molar-refractivity contribution in [3.8, 4) is 0 Å². The quantitative estimate of drug-likeness (QED) is 0.664. The zero-order valence-electron chi connectivity index (χ0n) is 12.1. The maximum Gasteiger partial charge on any atom is 0.404 e. The Hall–Kier alpha value is -1.86. The third kappa shape index (κ3) is 3.43. The lowest BCUT2D eigenvalue weighted by atomic mass is 9.87. The van der Waals surface area contributed by atoms with Gasteiger partial charge in [-0.15, -0.1) is 0 Å². The molecule has 7 heteroatoms. The van der Waals surface area contributed by atoms with Gasteiger partial charge in [-0.2, -0.15) is 0 Å². The SMILES string of the molecule is CC(C)[C@@H]1O[C@H](c2ccncc2N)C[C@H](NC(=O)O)[C@H]1O. The van der Waals surface area contributed by atoms with Gasteiger partial charge in [0, 0.05) is 18.2 Å². The summed E-state index contributed by atoms with van der Waals surface area (Å²) in [6.07, 6.45) is 0.585. The van der Waals surface area contributed by atoms with E-state index in [0.717, 1.165) is 5.56 Å². The molecule has 1 aliphatic heterocycles. The predicted molar refractivity (Wildman–Crippen MR) is 76.7 cm³/mol. The number of nitrogens with zero attached hydrogens (tertiary/aromatic N) is 1. The molecule has 1 saturated heterocycles. The van der Waals surface area contributed by atoms with Gasteiger partial charge in [0.1, 0.15) is 6.10 Å². The minimum atomic E-state index is -1.16. The fourth-order valence-electron chi connectivity index (χ4n) is 2.69. The van der Waals surface area contributed by atoms with Crippen LogP contribution in [0.25, 0.3) is 0 Å². The number of pyridine rings is 1. The number of rotatable bonds is 3. The number of aliphatic hydroxyl groups is 1. The van der Waals surface area contributed by atoms with Crippen LogP contribution in [-0.2, 0) is 4.74 Å². The van der Waals surface area contributed by atoms with E-state index >= 15 is 0 Å². The molecule has 0 aliphatic carbocycles. The van der Waals surface area contributed by atoms with Crippen molar-refractivity contribution in [3.63, 3.8) is 0 Å². The van der Waals surface area contributed by atoms with Crippen LogP contribution < -0.4 is 11.1 Å². The van der Waals surface area contributed by atoms with Crippen LogP contribution in [0.3, 0.4) is 0 Å². The van der Waals surface area contributed by atoms with Gasteiger partial charge in [-0.1, -0.05) is 13.8 Å². The molecule has 2 heterocycles. The summed E-state index contributed by atoms with van der Waals surface area (Å²) in [6.45, 7) is 3.84. The summed E-state index contributed by atoms with van der Waals surface area (Å²) in [5.41, 5.74) is 7.17. The van der Waals surface area contributed by atoms with Crippen molar-refractivity contribution in [1.29, 1.82) is 0 Å². The maximum absolute atomic E-state index is 10.9. The Labute approximate surface area is 123 Å². The first-order chi connectivity index (χ1) is 9.90. The van der Waals surface area contributed by atoms with Crippen LogP contribution in [0.15, 0.2) is 18.5 Å². The number of amides is 1. The standard InChI is InChI=1S/C14H21N3O4/c1-7(2)13-12(18)10(17-14(19)20)5-11(21-13)8-3-4-16-6-9(8)15/h3-4,6-7,10-13,17-18H,5,15H2,1-2H3,(H,19,20)/t10-,11-,12+,13-/m0/s1. The normalized spacial score (nSPS) is 29.3. The zero-order chi connectivity index (χ0) is 15.6. The molecule has 0 radical (unpaired) electrons. The average molecular weight is 295 g/mol. The van der Waals surface area contributed by atoms with E-state index in [9.17, 15) is 9.90 Å². The molecule has 1 aromatic rings. The van der Waals surface area contributed by atoms with E-state index in [2.05, 4.69) is 10.3 Å². The summed E-state index contributed by atoms with van der Waals surface area (Å²) in [5, 5.41) is 21.6. The molecule has 0 unspecified atom stereocenters. The molecule has 4 atom stereocenters. The Balaban J connectivity index is 2.26. The van der Waals surface area contributed by atoms with E-state index in [0.29, 0.717) is 12.1 Å². The number of carboxylic acid groups (broad SMARTS) is 1. The predicted octanol–water partition coefficient (Wildman–Crippen LogP) is 1.15. The van der Waals surface area contributed by atoms with Gasteiger partial charge in [0.25, 0.3) is 0 Å². The van der Waals surface area contributed by atoms with E-state index < -0.39 is 24.3 Å². The molecule has 116 valence electrons. The van der Waals surface area contributed by atoms with Crippen molar-refractivity contribution in [3.05, 3.63) is 24.0 Å². The minimum absolute atomic E-state index is 0.0453. The van der Waals surface area contributed by atoms with E-state index in [-0.39, 0.29) is 12.0 Å². The Morgan fingerprint density at radius 2 is 2.29 bits per heavy atom. The summed E-state index contributed by atoms with van der Waals surface area (Å²) in [5.74, 6) is 0.0453. The van der Waals surface area contributed by atoms with Gasteiger partial charge in [0.05, 0.1) is 30.1 Å². The van der Waals surface area contributed by atoms with Gasteiger partial charge in [0.2, 0.25) is 0 Å². The molecule has 0 bridgehead atoms. The number of aliphatic hydroxyl groups excluding tert-OH is 1. The molecule has 7 nitrogen and oxygen atoms in total. The summed E-state index contributed by atoms with van der Waals surface area (Å²) in [4.78, 5) is 14.8. The van der Waals surface area contributed by atoms with Crippen LogP contribution in [0.5, 0.6) is 0 Å². The van der Waals surface area contributed by atoms with Crippen LogP contribution in [0.1, 0.15) is 31.9 Å². The number of nitrogen functional groups attached to an aromatic ring is 1. The lowest BCUT2D eigenvalue weighted by molar-refractivity contribution is -0.149. The average Bonchev–Trinajstić information content (AvgIpc) is 2.41. The second-order valence-electron chi connectivity index (χ2n) is 5.62. The topological polar surface area (TPSA) is 118 Å². The van der Waals surface area contributed by atoms with Crippen LogP contribution in [0.2, 0.25) is 0 Å².